The van der Waals surface area contributed by atoms with Crippen molar-refractivity contribution < 1.29 is 27.9 Å². The molecule has 0 rings (SSSR count). The van der Waals surface area contributed by atoms with Gasteiger partial charge >= 0.3 is 13.6 Å². The van der Waals surface area contributed by atoms with Gasteiger partial charge in [0.15, 0.2) is 0 Å². The number of hydrogen-bond acceptors (Lipinski definition) is 6. The maximum absolute atomic E-state index is 11.4. The number of rotatable bonds is 6. The predicted molar refractivity (Wildman–Crippen MR) is 47.9 cm³/mol. The van der Waals surface area contributed by atoms with Crippen molar-refractivity contribution >= 4 is 19.1 Å². The molecule has 82 valence electrons. The average molecular weight is 224 g/mol. The number of esters is 1. The molecule has 0 fully saturated rings. The first-order valence-corrected chi connectivity index (χ1v) is 5.36. The highest BCUT2D eigenvalue weighted by molar-refractivity contribution is 7.71. The summed E-state index contributed by atoms with van der Waals surface area (Å²) >= 11 is 0. The van der Waals surface area contributed by atoms with Crippen LogP contribution in [0.15, 0.2) is 0 Å². The molecule has 0 aliphatic heterocycles. The highest BCUT2D eigenvalue weighted by atomic mass is 31.2. The van der Waals surface area contributed by atoms with Crippen LogP contribution in [0.2, 0.25) is 0 Å². The molecular formula is C7H13O6P. The molecule has 0 bridgehead atoms. The molecule has 0 aliphatic carbocycles. The van der Waals surface area contributed by atoms with Gasteiger partial charge in [-0.2, -0.15) is 0 Å². The lowest BCUT2D eigenvalue weighted by molar-refractivity contribution is -0.141. The Kier molecular flexibility index (Phi) is 5.60. The number of carbonyl (C=O) groups excluding carboxylic acids is 2. The Morgan fingerprint density at radius 3 is 1.93 bits per heavy atom. The minimum atomic E-state index is -3.69. The lowest BCUT2D eigenvalue weighted by Crippen LogP contribution is -2.08. The Morgan fingerprint density at radius 1 is 1.07 bits per heavy atom. The Balaban J connectivity index is 4.20. The zero-order valence-electron chi connectivity index (χ0n) is 8.31. The molecule has 0 amide bonds. The van der Waals surface area contributed by atoms with Crippen molar-refractivity contribution in [1.29, 1.82) is 0 Å². The summed E-state index contributed by atoms with van der Waals surface area (Å²) in [5, 5.41) is 0. The van der Waals surface area contributed by atoms with Crippen molar-refractivity contribution in [3.8, 4) is 0 Å². The minimum Gasteiger partial charge on any atom is -0.469 e. The smallest absolute Gasteiger partial charge is 0.396 e. The van der Waals surface area contributed by atoms with Crippen LogP contribution < -0.4 is 0 Å². The summed E-state index contributed by atoms with van der Waals surface area (Å²) in [6, 6.07) is 0. The van der Waals surface area contributed by atoms with Gasteiger partial charge in [0.1, 0.15) is 0 Å². The SMILES string of the molecule is COC(=O)CCC(=O)P(=O)(OC)OC. The van der Waals surface area contributed by atoms with Crippen LogP contribution in [-0.4, -0.2) is 32.8 Å². The second-order valence-corrected chi connectivity index (χ2v) is 4.56. The highest BCUT2D eigenvalue weighted by Crippen LogP contribution is 2.48. The second-order valence-electron chi connectivity index (χ2n) is 2.33. The average Bonchev–Trinajstić information content (AvgIpc) is 2.23. The highest BCUT2D eigenvalue weighted by Gasteiger charge is 2.31. The first-order chi connectivity index (χ1) is 6.50. The number of ether oxygens (including phenoxy) is 1. The van der Waals surface area contributed by atoms with E-state index in [-0.39, 0.29) is 12.8 Å². The maximum atomic E-state index is 11.4. The van der Waals surface area contributed by atoms with E-state index in [2.05, 4.69) is 13.8 Å². The van der Waals surface area contributed by atoms with E-state index >= 15 is 0 Å². The van der Waals surface area contributed by atoms with Gasteiger partial charge in [0.2, 0.25) is 5.52 Å². The Labute approximate surface area is 82.1 Å². The van der Waals surface area contributed by atoms with Crippen molar-refractivity contribution in [3.05, 3.63) is 0 Å². The molecule has 7 heteroatoms. The first-order valence-electron chi connectivity index (χ1n) is 3.82. The zero-order chi connectivity index (χ0) is 11.2. The summed E-state index contributed by atoms with van der Waals surface area (Å²) in [6.07, 6.45) is -0.350. The topological polar surface area (TPSA) is 78.9 Å². The van der Waals surface area contributed by atoms with E-state index < -0.39 is 19.1 Å². The third-order valence-corrected chi connectivity index (χ3v) is 3.35. The van der Waals surface area contributed by atoms with E-state index in [9.17, 15) is 14.2 Å². The molecule has 0 saturated carbocycles. The third-order valence-electron chi connectivity index (χ3n) is 1.56. The van der Waals surface area contributed by atoms with Gasteiger partial charge in [0, 0.05) is 20.6 Å². The quantitative estimate of drug-likeness (QED) is 0.493. The largest absolute Gasteiger partial charge is 0.469 e. The molecule has 0 aliphatic rings. The zero-order valence-corrected chi connectivity index (χ0v) is 9.21. The molecule has 0 aromatic carbocycles. The maximum Gasteiger partial charge on any atom is 0.396 e. The monoisotopic (exact) mass is 224 g/mol. The van der Waals surface area contributed by atoms with Crippen molar-refractivity contribution in [2.24, 2.45) is 0 Å². The Morgan fingerprint density at radius 2 is 1.57 bits per heavy atom. The van der Waals surface area contributed by atoms with Gasteiger partial charge in [0.25, 0.3) is 0 Å². The van der Waals surface area contributed by atoms with Crippen LogP contribution in [-0.2, 0) is 27.9 Å². The van der Waals surface area contributed by atoms with Crippen LogP contribution in [0.1, 0.15) is 12.8 Å². The van der Waals surface area contributed by atoms with E-state index in [1.54, 1.807) is 0 Å². The molecule has 0 atom stereocenters. The molecule has 14 heavy (non-hydrogen) atoms. The van der Waals surface area contributed by atoms with Crippen molar-refractivity contribution in [2.45, 2.75) is 12.8 Å². The molecular weight excluding hydrogens is 211 g/mol. The molecule has 0 spiro atoms. The molecule has 0 unspecified atom stereocenters. The van der Waals surface area contributed by atoms with E-state index in [1.807, 2.05) is 0 Å². The molecule has 0 aromatic heterocycles. The van der Waals surface area contributed by atoms with Gasteiger partial charge in [-0.3, -0.25) is 14.2 Å². The molecule has 0 saturated heterocycles. The summed E-state index contributed by atoms with van der Waals surface area (Å²) in [5.41, 5.74) is -0.729. The van der Waals surface area contributed by atoms with Crippen LogP contribution in [0, 0.1) is 0 Å². The third kappa shape index (κ3) is 3.57. The van der Waals surface area contributed by atoms with E-state index in [1.165, 1.54) is 7.11 Å². The Bertz CT molecular complexity index is 253. The van der Waals surface area contributed by atoms with Crippen molar-refractivity contribution in [2.75, 3.05) is 21.3 Å². The number of carbonyl (C=O) groups is 2. The van der Waals surface area contributed by atoms with Gasteiger partial charge in [-0.15, -0.1) is 0 Å². The number of hydrogen-bond donors (Lipinski definition) is 0. The lowest BCUT2D eigenvalue weighted by atomic mass is 10.3. The molecule has 0 N–H and O–H groups in total. The Hall–Kier alpha value is -0.710. The predicted octanol–water partition coefficient (Wildman–Crippen LogP) is 0.952. The van der Waals surface area contributed by atoms with Crippen LogP contribution in [0.25, 0.3) is 0 Å². The van der Waals surface area contributed by atoms with Crippen molar-refractivity contribution in [3.63, 3.8) is 0 Å². The fourth-order valence-electron chi connectivity index (χ4n) is 0.726. The summed E-state index contributed by atoms with van der Waals surface area (Å²) in [6.45, 7) is 0. The summed E-state index contributed by atoms with van der Waals surface area (Å²) in [5.74, 6) is -0.544. The molecule has 0 radical (unpaired) electrons. The summed E-state index contributed by atoms with van der Waals surface area (Å²) in [4.78, 5) is 21.9. The van der Waals surface area contributed by atoms with E-state index in [4.69, 9.17) is 0 Å². The molecule has 6 nitrogen and oxygen atoms in total. The summed E-state index contributed by atoms with van der Waals surface area (Å²) in [7, 11) is -0.255. The molecule has 0 aromatic rings. The standard InChI is InChI=1S/C7H13O6P/c1-11-6(8)4-5-7(9)14(10,12-2)13-3/h4-5H2,1-3H3. The first kappa shape index (κ1) is 13.3. The van der Waals surface area contributed by atoms with Gasteiger partial charge in [-0.1, -0.05) is 0 Å². The van der Waals surface area contributed by atoms with Gasteiger partial charge in [-0.05, 0) is 0 Å². The lowest BCUT2D eigenvalue weighted by Gasteiger charge is -2.10. The second kappa shape index (κ2) is 5.90. The van der Waals surface area contributed by atoms with Crippen LogP contribution >= 0.6 is 7.60 Å². The van der Waals surface area contributed by atoms with Crippen LogP contribution in [0.5, 0.6) is 0 Å². The fraction of sp³-hybridized carbons (Fsp3) is 0.714. The van der Waals surface area contributed by atoms with Crippen LogP contribution in [0.4, 0.5) is 0 Å². The van der Waals surface area contributed by atoms with Gasteiger partial charge < -0.3 is 13.8 Å². The van der Waals surface area contributed by atoms with Gasteiger partial charge in [0.05, 0.1) is 13.5 Å². The molecule has 0 heterocycles. The minimum absolute atomic E-state index is 0.133. The van der Waals surface area contributed by atoms with E-state index in [0.29, 0.717) is 0 Å². The van der Waals surface area contributed by atoms with Crippen molar-refractivity contribution in [1.82, 2.24) is 0 Å². The van der Waals surface area contributed by atoms with Gasteiger partial charge in [-0.25, -0.2) is 0 Å². The van der Waals surface area contributed by atoms with Crippen LogP contribution in [0.3, 0.4) is 0 Å². The fourth-order valence-corrected chi connectivity index (χ4v) is 1.67. The van der Waals surface area contributed by atoms with E-state index in [0.717, 1.165) is 14.2 Å². The number of methoxy groups -OCH3 is 1. The normalized spacial score (nSPS) is 11.1. The summed E-state index contributed by atoms with van der Waals surface area (Å²) < 4.78 is 24.6.